The number of ether oxygens (including phenoxy) is 2. The van der Waals surface area contributed by atoms with Crippen molar-refractivity contribution in [3.8, 4) is 17.0 Å². The number of methoxy groups -OCH3 is 1. The van der Waals surface area contributed by atoms with Crippen LogP contribution in [0.25, 0.3) is 11.3 Å². The fourth-order valence-electron chi connectivity index (χ4n) is 4.26. The molecule has 1 unspecified atom stereocenters. The van der Waals surface area contributed by atoms with Crippen LogP contribution in [0, 0.1) is 0 Å². The molecule has 1 atom stereocenters. The van der Waals surface area contributed by atoms with Gasteiger partial charge < -0.3 is 18.9 Å². The number of benzene rings is 1. The molecule has 0 bridgehead atoms. The summed E-state index contributed by atoms with van der Waals surface area (Å²) in [5.41, 5.74) is 2.35. The predicted octanol–water partition coefficient (Wildman–Crippen LogP) is 2.11. The fraction of sp³-hybridized carbons (Fsp3) is 0.381. The minimum atomic E-state index is -0.386. The van der Waals surface area contributed by atoms with Crippen LogP contribution in [0.4, 0.5) is 0 Å². The Kier molecular flexibility index (Phi) is 4.16. The van der Waals surface area contributed by atoms with Gasteiger partial charge in [0.2, 0.25) is 0 Å². The van der Waals surface area contributed by atoms with Gasteiger partial charge in [-0.2, -0.15) is 5.10 Å². The summed E-state index contributed by atoms with van der Waals surface area (Å²) >= 11 is 0. The van der Waals surface area contributed by atoms with Crippen molar-refractivity contribution in [2.45, 2.75) is 25.2 Å². The molecule has 150 valence electrons. The summed E-state index contributed by atoms with van der Waals surface area (Å²) in [5, 5.41) is 4.11. The molecule has 8 nitrogen and oxygen atoms in total. The van der Waals surface area contributed by atoms with Crippen LogP contribution >= 0.6 is 0 Å². The van der Waals surface area contributed by atoms with Crippen LogP contribution in [0.5, 0.6) is 5.75 Å². The van der Waals surface area contributed by atoms with Crippen LogP contribution in [0.3, 0.4) is 0 Å². The van der Waals surface area contributed by atoms with Gasteiger partial charge in [0, 0.05) is 25.4 Å². The van der Waals surface area contributed by atoms with E-state index in [1.165, 1.54) is 0 Å². The van der Waals surface area contributed by atoms with E-state index in [9.17, 15) is 4.79 Å². The minimum Gasteiger partial charge on any atom is -0.497 e. The number of amides is 1. The first-order valence-electron chi connectivity index (χ1n) is 9.69. The van der Waals surface area contributed by atoms with E-state index >= 15 is 0 Å². The van der Waals surface area contributed by atoms with Gasteiger partial charge in [-0.3, -0.25) is 9.48 Å². The van der Waals surface area contributed by atoms with E-state index in [1.807, 2.05) is 35.4 Å². The smallest absolute Gasteiger partial charge is 0.272 e. The van der Waals surface area contributed by atoms with E-state index in [0.717, 1.165) is 29.3 Å². The lowest BCUT2D eigenvalue weighted by molar-refractivity contribution is -0.0805. The molecule has 1 spiro atoms. The van der Waals surface area contributed by atoms with E-state index < -0.39 is 0 Å². The number of likely N-dealkylation sites (tertiary alicyclic amines) is 1. The molecule has 4 heterocycles. The van der Waals surface area contributed by atoms with Gasteiger partial charge in [-0.15, -0.1) is 0 Å². The highest BCUT2D eigenvalue weighted by molar-refractivity contribution is 5.92. The lowest BCUT2D eigenvalue weighted by Crippen LogP contribution is -2.45. The third-order valence-corrected chi connectivity index (χ3v) is 5.92. The zero-order valence-electron chi connectivity index (χ0n) is 16.5. The molecule has 2 aliphatic heterocycles. The molecule has 5 rings (SSSR count). The normalized spacial score (nSPS) is 20.8. The molecule has 1 fully saturated rings. The zero-order valence-corrected chi connectivity index (χ0v) is 16.5. The number of carbonyl (C=O) groups excluding carboxylic acids is 1. The second-order valence-corrected chi connectivity index (χ2v) is 7.66. The fourth-order valence-corrected chi connectivity index (χ4v) is 4.26. The van der Waals surface area contributed by atoms with Crippen molar-refractivity contribution in [3.63, 3.8) is 0 Å². The first-order valence-corrected chi connectivity index (χ1v) is 9.69. The highest BCUT2D eigenvalue weighted by Crippen LogP contribution is 2.35. The van der Waals surface area contributed by atoms with Gasteiger partial charge in [0.05, 0.1) is 32.1 Å². The van der Waals surface area contributed by atoms with Crippen LogP contribution in [0.2, 0.25) is 0 Å². The van der Waals surface area contributed by atoms with Crippen molar-refractivity contribution >= 4 is 5.91 Å². The van der Waals surface area contributed by atoms with Crippen molar-refractivity contribution < 1.29 is 14.3 Å². The number of hydrogen-bond donors (Lipinski definition) is 0. The summed E-state index contributed by atoms with van der Waals surface area (Å²) in [6.45, 7) is 2.37. The zero-order chi connectivity index (χ0) is 20.0. The summed E-state index contributed by atoms with van der Waals surface area (Å²) in [5.74, 6) is 1.74. The number of aryl methyl sites for hydroxylation is 1. The van der Waals surface area contributed by atoms with E-state index in [-0.39, 0.29) is 11.5 Å². The molecule has 0 N–H and O–H groups in total. The summed E-state index contributed by atoms with van der Waals surface area (Å²) in [7, 11) is 3.45. The van der Waals surface area contributed by atoms with E-state index in [0.29, 0.717) is 31.9 Å². The molecule has 2 aromatic heterocycles. The summed E-state index contributed by atoms with van der Waals surface area (Å²) in [4.78, 5) is 19.3. The first-order chi connectivity index (χ1) is 14.1. The molecule has 0 aliphatic carbocycles. The van der Waals surface area contributed by atoms with Gasteiger partial charge >= 0.3 is 0 Å². The maximum atomic E-state index is 12.9. The summed E-state index contributed by atoms with van der Waals surface area (Å²) in [6, 6.07) is 9.74. The Morgan fingerprint density at radius 1 is 1.21 bits per heavy atom. The topological polar surface area (TPSA) is 74.4 Å². The van der Waals surface area contributed by atoms with Crippen molar-refractivity contribution in [2.75, 3.05) is 20.2 Å². The van der Waals surface area contributed by atoms with E-state index in [4.69, 9.17) is 9.47 Å². The Morgan fingerprint density at radius 3 is 2.76 bits per heavy atom. The van der Waals surface area contributed by atoms with E-state index in [1.54, 1.807) is 31.1 Å². The van der Waals surface area contributed by atoms with Crippen molar-refractivity contribution in [2.24, 2.45) is 7.05 Å². The average Bonchev–Trinajstić information content (AvgIpc) is 3.46. The van der Waals surface area contributed by atoms with Gasteiger partial charge in [0.25, 0.3) is 5.91 Å². The number of nitrogens with zero attached hydrogens (tertiary/aromatic N) is 5. The minimum absolute atomic E-state index is 0.00252. The largest absolute Gasteiger partial charge is 0.497 e. The van der Waals surface area contributed by atoms with Gasteiger partial charge in [0.1, 0.15) is 29.5 Å². The Labute approximate surface area is 168 Å². The van der Waals surface area contributed by atoms with Crippen LogP contribution in [-0.2, 0) is 24.9 Å². The number of rotatable bonds is 3. The second kappa shape index (κ2) is 6.73. The Hall–Kier alpha value is -3.13. The predicted molar refractivity (Wildman–Crippen MR) is 105 cm³/mol. The Balaban J connectivity index is 1.39. The molecular weight excluding hydrogens is 370 g/mol. The maximum Gasteiger partial charge on any atom is 0.272 e. The van der Waals surface area contributed by atoms with Crippen LogP contribution in [-0.4, -0.2) is 55.9 Å². The molecule has 1 amide bonds. The van der Waals surface area contributed by atoms with Crippen molar-refractivity contribution in [1.29, 1.82) is 0 Å². The molecular formula is C21H23N5O3. The highest BCUT2D eigenvalue weighted by atomic mass is 16.5. The molecule has 3 aromatic rings. The number of fused-ring (bicyclic) bond motifs is 1. The molecule has 1 aromatic carbocycles. The second-order valence-electron chi connectivity index (χ2n) is 7.66. The monoisotopic (exact) mass is 393 g/mol. The first kappa shape index (κ1) is 17.9. The summed E-state index contributed by atoms with van der Waals surface area (Å²) in [6.07, 6.45) is 4.35. The lowest BCUT2D eigenvalue weighted by atomic mass is 10.0. The number of aromatic nitrogens is 4. The molecule has 8 heteroatoms. The lowest BCUT2D eigenvalue weighted by Gasteiger charge is -2.35. The Morgan fingerprint density at radius 2 is 2.03 bits per heavy atom. The van der Waals surface area contributed by atoms with Crippen molar-refractivity contribution in [3.05, 3.63) is 54.2 Å². The summed E-state index contributed by atoms with van der Waals surface area (Å²) < 4.78 is 15.4. The van der Waals surface area contributed by atoms with Crippen LogP contribution in [0.1, 0.15) is 22.7 Å². The third kappa shape index (κ3) is 3.00. The maximum absolute atomic E-state index is 12.9. The number of imidazole rings is 1. The number of carbonyl (C=O) groups is 1. The van der Waals surface area contributed by atoms with Crippen molar-refractivity contribution in [1.82, 2.24) is 24.2 Å². The van der Waals surface area contributed by atoms with Gasteiger partial charge in [-0.05, 0) is 36.8 Å². The highest BCUT2D eigenvalue weighted by Gasteiger charge is 2.45. The molecule has 0 saturated carbocycles. The van der Waals surface area contributed by atoms with Crippen LogP contribution < -0.4 is 4.74 Å². The SMILES string of the molecule is COc1ccc(-c2cnc3n2CC2(CCN(C(=O)c4ccnn4C)C2)OC3)cc1. The van der Waals surface area contributed by atoms with Gasteiger partial charge in [-0.25, -0.2) is 4.98 Å². The average molecular weight is 393 g/mol. The third-order valence-electron chi connectivity index (χ3n) is 5.92. The molecule has 0 radical (unpaired) electrons. The van der Waals surface area contributed by atoms with E-state index in [2.05, 4.69) is 14.6 Å². The Bertz CT molecular complexity index is 1050. The molecule has 29 heavy (non-hydrogen) atoms. The van der Waals surface area contributed by atoms with Gasteiger partial charge in [-0.1, -0.05) is 0 Å². The van der Waals surface area contributed by atoms with Crippen LogP contribution in [0.15, 0.2) is 42.7 Å². The molecule has 1 saturated heterocycles. The quantitative estimate of drug-likeness (QED) is 0.681. The number of hydrogen-bond acceptors (Lipinski definition) is 5. The molecule has 2 aliphatic rings. The van der Waals surface area contributed by atoms with Gasteiger partial charge in [0.15, 0.2) is 0 Å². The standard InChI is InChI=1S/C21H23N5O3/c1-24-17(7-9-23-24)20(27)25-10-8-21(13-25)14-26-18(11-22-19(26)12-29-21)15-3-5-16(28-2)6-4-15/h3-7,9,11H,8,10,12-14H2,1-2H3.